The fraction of sp³-hybridized carbons (Fsp3) is 0.370. The number of halogens is 3. The van der Waals surface area contributed by atoms with Gasteiger partial charge in [0.05, 0.1) is 17.5 Å². The van der Waals surface area contributed by atoms with E-state index in [0.717, 1.165) is 17.7 Å². The minimum Gasteiger partial charge on any atom is -0.444 e. The summed E-state index contributed by atoms with van der Waals surface area (Å²) in [5.41, 5.74) is 1.06. The molecule has 2 aromatic carbocycles. The number of hydrogen-bond donors (Lipinski definition) is 1. The van der Waals surface area contributed by atoms with E-state index in [0.29, 0.717) is 42.2 Å². The Kier molecular flexibility index (Phi) is 7.82. The first-order valence-corrected chi connectivity index (χ1v) is 12.4. The van der Waals surface area contributed by atoms with Gasteiger partial charge in [0.15, 0.2) is 5.82 Å². The number of benzene rings is 2. The lowest BCUT2D eigenvalue weighted by atomic mass is 9.90. The van der Waals surface area contributed by atoms with E-state index in [2.05, 4.69) is 10.4 Å². The van der Waals surface area contributed by atoms with Crippen molar-refractivity contribution in [3.8, 4) is 5.69 Å². The molecule has 4 rings (SSSR count). The van der Waals surface area contributed by atoms with Crippen LogP contribution in [0.4, 0.5) is 13.6 Å². The standard InChI is InChI=1S/C27H29ClF2N4O3/c1-27(2,3)37-26(36)33-11-9-18(10-12-33)24-21(25(35)31-15-17-5-4-6-19(28)13-17)16-32-34(24)23-8-7-20(29)14-22(23)30/h4-8,13-14,16,18H,9-12,15H2,1-3H3,(H,31,35). The van der Waals surface area contributed by atoms with E-state index in [1.54, 1.807) is 23.1 Å². The largest absolute Gasteiger partial charge is 0.444 e. The molecule has 1 saturated heterocycles. The van der Waals surface area contributed by atoms with Crippen LogP contribution in [0.1, 0.15) is 61.1 Å². The molecule has 1 N–H and O–H groups in total. The van der Waals surface area contributed by atoms with Crippen LogP contribution in [0, 0.1) is 11.6 Å². The second-order valence-corrected chi connectivity index (χ2v) is 10.4. The van der Waals surface area contributed by atoms with E-state index < -0.39 is 23.3 Å². The van der Waals surface area contributed by atoms with Crippen molar-refractivity contribution in [1.82, 2.24) is 20.0 Å². The maximum atomic E-state index is 14.7. The Balaban J connectivity index is 1.60. The first kappa shape index (κ1) is 26.6. The summed E-state index contributed by atoms with van der Waals surface area (Å²) in [4.78, 5) is 27.4. The van der Waals surface area contributed by atoms with Gasteiger partial charge in [-0.1, -0.05) is 23.7 Å². The number of piperidine rings is 1. The molecular weight excluding hydrogens is 502 g/mol. The Hall–Kier alpha value is -3.46. The van der Waals surface area contributed by atoms with E-state index in [1.807, 2.05) is 26.8 Å². The molecule has 0 spiro atoms. The van der Waals surface area contributed by atoms with Gasteiger partial charge in [0, 0.05) is 36.6 Å². The lowest BCUT2D eigenvalue weighted by Crippen LogP contribution is -2.41. The van der Waals surface area contributed by atoms with Crippen molar-refractivity contribution in [2.45, 2.75) is 51.7 Å². The average Bonchev–Trinajstić information content (AvgIpc) is 3.26. The number of nitrogens with zero attached hydrogens (tertiary/aromatic N) is 3. The molecule has 1 aliphatic heterocycles. The van der Waals surface area contributed by atoms with Gasteiger partial charge < -0.3 is 15.0 Å². The number of carbonyl (C=O) groups excluding carboxylic acids is 2. The van der Waals surface area contributed by atoms with Crippen LogP contribution in [0.3, 0.4) is 0 Å². The highest BCUT2D eigenvalue weighted by Crippen LogP contribution is 2.33. The molecule has 0 unspecified atom stereocenters. The molecule has 0 aliphatic carbocycles. The molecule has 1 aliphatic rings. The zero-order chi connectivity index (χ0) is 26.7. The number of amides is 2. The van der Waals surface area contributed by atoms with Crippen LogP contribution in [-0.2, 0) is 11.3 Å². The molecule has 10 heteroatoms. The first-order chi connectivity index (χ1) is 17.5. The lowest BCUT2D eigenvalue weighted by molar-refractivity contribution is 0.0203. The third-order valence-electron chi connectivity index (χ3n) is 6.06. The number of hydrogen-bond acceptors (Lipinski definition) is 4. The van der Waals surface area contributed by atoms with Crippen molar-refractivity contribution in [2.75, 3.05) is 13.1 Å². The van der Waals surface area contributed by atoms with E-state index in [-0.39, 0.29) is 24.1 Å². The minimum absolute atomic E-state index is 0.0415. The quantitative estimate of drug-likeness (QED) is 0.449. The summed E-state index contributed by atoms with van der Waals surface area (Å²) >= 11 is 6.05. The van der Waals surface area contributed by atoms with Gasteiger partial charge >= 0.3 is 6.09 Å². The predicted molar refractivity (Wildman–Crippen MR) is 136 cm³/mol. The number of nitrogens with one attached hydrogen (secondary N) is 1. The minimum atomic E-state index is -0.790. The summed E-state index contributed by atoms with van der Waals surface area (Å²) in [6, 6.07) is 10.4. The van der Waals surface area contributed by atoms with Crippen molar-refractivity contribution in [3.05, 3.63) is 82.1 Å². The molecule has 0 atom stereocenters. The van der Waals surface area contributed by atoms with Gasteiger partial charge in [-0.2, -0.15) is 5.10 Å². The smallest absolute Gasteiger partial charge is 0.410 e. The first-order valence-electron chi connectivity index (χ1n) is 12.1. The summed E-state index contributed by atoms with van der Waals surface area (Å²) in [5.74, 6) is -2.07. The number of rotatable bonds is 5. The molecule has 2 amide bonds. The van der Waals surface area contributed by atoms with E-state index in [1.165, 1.54) is 16.9 Å². The van der Waals surface area contributed by atoms with Crippen LogP contribution >= 0.6 is 11.6 Å². The highest BCUT2D eigenvalue weighted by atomic mass is 35.5. The fourth-order valence-electron chi connectivity index (χ4n) is 4.36. The Morgan fingerprint density at radius 1 is 1.14 bits per heavy atom. The second-order valence-electron chi connectivity index (χ2n) is 10.0. The van der Waals surface area contributed by atoms with Gasteiger partial charge in [-0.05, 0) is 63.4 Å². The average molecular weight is 531 g/mol. The Bertz CT molecular complexity index is 1300. The summed E-state index contributed by atoms with van der Waals surface area (Å²) in [5, 5.41) is 7.75. The summed E-state index contributed by atoms with van der Waals surface area (Å²) in [6.45, 7) is 6.47. The molecule has 1 fully saturated rings. The lowest BCUT2D eigenvalue weighted by Gasteiger charge is -2.34. The fourth-order valence-corrected chi connectivity index (χ4v) is 4.57. The molecule has 0 bridgehead atoms. The topological polar surface area (TPSA) is 76.5 Å². The van der Waals surface area contributed by atoms with E-state index in [4.69, 9.17) is 16.3 Å². The van der Waals surface area contributed by atoms with Gasteiger partial charge in [0.1, 0.15) is 17.1 Å². The molecule has 0 radical (unpaired) electrons. The maximum Gasteiger partial charge on any atom is 0.410 e. The van der Waals surface area contributed by atoms with Crippen LogP contribution < -0.4 is 5.32 Å². The van der Waals surface area contributed by atoms with Crippen LogP contribution in [0.2, 0.25) is 5.02 Å². The van der Waals surface area contributed by atoms with Gasteiger partial charge in [-0.15, -0.1) is 0 Å². The molecule has 196 valence electrons. The number of carbonyl (C=O) groups is 2. The predicted octanol–water partition coefficient (Wildman–Crippen LogP) is 5.85. The molecule has 37 heavy (non-hydrogen) atoms. The van der Waals surface area contributed by atoms with Gasteiger partial charge in [-0.3, -0.25) is 4.79 Å². The molecule has 1 aromatic heterocycles. The van der Waals surface area contributed by atoms with Crippen molar-refractivity contribution >= 4 is 23.6 Å². The van der Waals surface area contributed by atoms with E-state index >= 15 is 0 Å². The summed E-state index contributed by atoms with van der Waals surface area (Å²) < 4.78 is 35.2. The monoisotopic (exact) mass is 530 g/mol. The Labute approximate surface area is 219 Å². The summed E-state index contributed by atoms with van der Waals surface area (Å²) in [6.07, 6.45) is 2.03. The van der Waals surface area contributed by atoms with Crippen molar-refractivity contribution < 1.29 is 23.1 Å². The molecule has 2 heterocycles. The third-order valence-corrected chi connectivity index (χ3v) is 6.30. The van der Waals surface area contributed by atoms with Crippen LogP contribution in [0.15, 0.2) is 48.7 Å². The zero-order valence-electron chi connectivity index (χ0n) is 20.9. The third kappa shape index (κ3) is 6.46. The van der Waals surface area contributed by atoms with Crippen molar-refractivity contribution in [2.24, 2.45) is 0 Å². The molecule has 7 nitrogen and oxygen atoms in total. The van der Waals surface area contributed by atoms with E-state index in [9.17, 15) is 18.4 Å². The van der Waals surface area contributed by atoms with Crippen molar-refractivity contribution in [3.63, 3.8) is 0 Å². The van der Waals surface area contributed by atoms with Crippen molar-refractivity contribution in [1.29, 1.82) is 0 Å². The maximum absolute atomic E-state index is 14.7. The van der Waals surface area contributed by atoms with Crippen LogP contribution in [-0.4, -0.2) is 45.4 Å². The number of ether oxygens (including phenoxy) is 1. The summed E-state index contributed by atoms with van der Waals surface area (Å²) in [7, 11) is 0. The van der Waals surface area contributed by atoms with Crippen LogP contribution in [0.25, 0.3) is 5.69 Å². The van der Waals surface area contributed by atoms with Gasteiger partial charge in [-0.25, -0.2) is 18.3 Å². The molecular formula is C27H29ClF2N4O3. The van der Waals surface area contributed by atoms with Gasteiger partial charge in [0.25, 0.3) is 5.91 Å². The number of likely N-dealkylation sites (tertiary alicyclic amines) is 1. The highest BCUT2D eigenvalue weighted by molar-refractivity contribution is 6.30. The SMILES string of the molecule is CC(C)(C)OC(=O)N1CCC(c2c(C(=O)NCc3cccc(Cl)c3)cnn2-c2ccc(F)cc2F)CC1. The normalized spacial score (nSPS) is 14.5. The molecule has 3 aromatic rings. The van der Waals surface area contributed by atoms with Crippen LogP contribution in [0.5, 0.6) is 0 Å². The van der Waals surface area contributed by atoms with Gasteiger partial charge in [0.2, 0.25) is 0 Å². The highest BCUT2D eigenvalue weighted by Gasteiger charge is 2.32. The number of aromatic nitrogens is 2. The Morgan fingerprint density at radius 2 is 1.86 bits per heavy atom. The molecule has 0 saturated carbocycles. The second kappa shape index (κ2) is 10.9. The zero-order valence-corrected chi connectivity index (χ0v) is 21.7. The Morgan fingerprint density at radius 3 is 2.51 bits per heavy atom.